The van der Waals surface area contributed by atoms with E-state index < -0.39 is 12.9 Å². The van der Waals surface area contributed by atoms with E-state index in [4.69, 9.17) is 0 Å². The summed E-state index contributed by atoms with van der Waals surface area (Å²) in [7, 11) is 0.954. The number of aliphatic hydroxyl groups is 1. The van der Waals surface area contributed by atoms with Crippen LogP contribution in [0.2, 0.25) is 0 Å². The summed E-state index contributed by atoms with van der Waals surface area (Å²) in [6.45, 7) is 2.30. The first-order chi connectivity index (χ1) is 15.0. The van der Waals surface area contributed by atoms with Crippen molar-refractivity contribution >= 4 is 7.60 Å². The Labute approximate surface area is 198 Å². The molecule has 0 aromatic carbocycles. The number of nitrogens with zero attached hydrogens (tertiary/aromatic N) is 1. The topological polar surface area (TPSA) is 77.8 Å². The van der Waals surface area contributed by atoms with E-state index >= 15 is 0 Å². The number of likely N-dealkylation sites (N-methyl/N-ethyl adjacent to an activating group) is 1. The Morgan fingerprint density at radius 2 is 1.06 bits per heavy atom. The fourth-order valence-corrected chi connectivity index (χ4v) is 5.02. The van der Waals surface area contributed by atoms with Gasteiger partial charge in [0, 0.05) is 0 Å². The van der Waals surface area contributed by atoms with Crippen molar-refractivity contribution in [1.82, 2.24) is 0 Å². The summed E-state index contributed by atoms with van der Waals surface area (Å²) in [6.07, 6.45) is 26.9. The third-order valence-corrected chi connectivity index (χ3v) is 7.22. The highest BCUT2D eigenvalue weighted by molar-refractivity contribution is 7.53. The van der Waals surface area contributed by atoms with Crippen LogP contribution >= 0.6 is 7.60 Å². The van der Waals surface area contributed by atoms with Crippen LogP contribution in [-0.2, 0) is 4.57 Å². The molecule has 0 amide bonds. The summed E-state index contributed by atoms with van der Waals surface area (Å²) in [4.78, 5) is 19.2. The lowest BCUT2D eigenvalue weighted by molar-refractivity contribution is -0.875. The van der Waals surface area contributed by atoms with Crippen LogP contribution in [0, 0.1) is 0 Å². The molecular weight excluding hydrogens is 421 g/mol. The van der Waals surface area contributed by atoms with Crippen LogP contribution in [0.5, 0.6) is 0 Å². The van der Waals surface area contributed by atoms with Crippen molar-refractivity contribution in [2.24, 2.45) is 0 Å². The molecule has 1 unspecified atom stereocenters. The fourth-order valence-electron chi connectivity index (χ4n) is 3.96. The Bertz CT molecular complexity index is 551. The summed E-state index contributed by atoms with van der Waals surface area (Å²) in [6, 6.07) is 0. The Morgan fingerprint density at radius 3 is 1.47 bits per heavy atom. The molecule has 0 aliphatic rings. The molecule has 6 heteroatoms. The molecule has 0 radical (unpaired) electrons. The average Bonchev–Trinajstić information content (AvgIpc) is 2.67. The van der Waals surface area contributed by atoms with Crippen LogP contribution in [0.15, 0.2) is 24.3 Å². The quantitative estimate of drug-likeness (QED) is 0.0729. The van der Waals surface area contributed by atoms with E-state index in [1.807, 2.05) is 21.1 Å². The second-order valence-electron chi connectivity index (χ2n) is 10.4. The number of rotatable bonds is 21. The van der Waals surface area contributed by atoms with Crippen LogP contribution in [0.25, 0.3) is 0 Å². The van der Waals surface area contributed by atoms with E-state index in [9.17, 15) is 19.5 Å². The SMILES string of the molecule is CCCCCC/C=C\CCCC/C=C\CCCCCCCC(O)(C[N+](C)(C)C)P(=O)(O)O. The summed E-state index contributed by atoms with van der Waals surface area (Å²) < 4.78 is 12.1. The maximum Gasteiger partial charge on any atom is 0.362 e. The van der Waals surface area contributed by atoms with Crippen molar-refractivity contribution in [2.75, 3.05) is 27.7 Å². The Balaban J connectivity index is 3.68. The van der Waals surface area contributed by atoms with Gasteiger partial charge < -0.3 is 19.4 Å². The standard InChI is InChI=1S/C26H52NO4P/c1-5-6-7-8-9-10-11-12-13-14-15-16-17-18-19-20-21-22-23-24-26(28,32(29,30)31)25-27(2,3)4/h10-11,16-17,28H,5-9,12-15,18-25H2,1-4H3,(H-,29,30,31)/p+1/b11-10-,17-16-. The lowest BCUT2D eigenvalue weighted by atomic mass is 10.1. The second-order valence-corrected chi connectivity index (χ2v) is 12.3. The van der Waals surface area contributed by atoms with Crippen LogP contribution in [0.3, 0.4) is 0 Å². The van der Waals surface area contributed by atoms with Gasteiger partial charge in [-0.15, -0.1) is 0 Å². The summed E-state index contributed by atoms with van der Waals surface area (Å²) in [5.41, 5.74) is 0. The van der Waals surface area contributed by atoms with E-state index in [0.29, 0.717) is 10.9 Å². The number of allylic oxidation sites excluding steroid dienone is 4. The van der Waals surface area contributed by atoms with Crippen LogP contribution in [0.4, 0.5) is 0 Å². The van der Waals surface area contributed by atoms with Crippen molar-refractivity contribution in [3.05, 3.63) is 24.3 Å². The molecule has 32 heavy (non-hydrogen) atoms. The molecule has 0 fully saturated rings. The number of unbranched alkanes of at least 4 members (excludes halogenated alkanes) is 12. The van der Waals surface area contributed by atoms with Gasteiger partial charge in [0.25, 0.3) is 0 Å². The minimum absolute atomic E-state index is 0.0530. The molecule has 0 spiro atoms. The molecular formula is C26H53NO4P+. The molecule has 0 aromatic heterocycles. The smallest absolute Gasteiger partial charge is 0.362 e. The fraction of sp³-hybridized carbons (Fsp3) is 0.846. The normalized spacial score (nSPS) is 15.1. The van der Waals surface area contributed by atoms with Gasteiger partial charge in [0.1, 0.15) is 6.54 Å². The average molecular weight is 475 g/mol. The van der Waals surface area contributed by atoms with Gasteiger partial charge in [0.2, 0.25) is 5.34 Å². The third-order valence-electron chi connectivity index (χ3n) is 5.77. The molecule has 0 rings (SSSR count). The highest BCUT2D eigenvalue weighted by Crippen LogP contribution is 2.52. The monoisotopic (exact) mass is 474 g/mol. The van der Waals surface area contributed by atoms with Gasteiger partial charge >= 0.3 is 7.60 Å². The Kier molecular flexibility index (Phi) is 17.7. The molecule has 0 heterocycles. The lowest BCUT2D eigenvalue weighted by Gasteiger charge is -2.35. The molecule has 0 saturated carbocycles. The molecule has 0 aliphatic heterocycles. The summed E-state index contributed by atoms with van der Waals surface area (Å²) in [5, 5.41) is 8.62. The number of hydrogen-bond donors (Lipinski definition) is 3. The molecule has 0 bridgehead atoms. The van der Waals surface area contributed by atoms with Crippen molar-refractivity contribution in [1.29, 1.82) is 0 Å². The highest BCUT2D eigenvalue weighted by atomic mass is 31.2. The van der Waals surface area contributed by atoms with Crippen LogP contribution in [-0.4, -0.2) is 52.4 Å². The first kappa shape index (κ1) is 31.6. The van der Waals surface area contributed by atoms with Crippen molar-refractivity contribution in [3.8, 4) is 0 Å². The molecule has 0 aromatic rings. The highest BCUT2D eigenvalue weighted by Gasteiger charge is 2.48. The van der Waals surface area contributed by atoms with Crippen molar-refractivity contribution in [2.45, 2.75) is 115 Å². The van der Waals surface area contributed by atoms with Crippen molar-refractivity contribution in [3.63, 3.8) is 0 Å². The molecule has 0 aliphatic carbocycles. The van der Waals surface area contributed by atoms with Gasteiger partial charge in [-0.3, -0.25) is 4.57 Å². The minimum atomic E-state index is -4.55. The zero-order valence-corrected chi connectivity index (χ0v) is 22.4. The molecule has 5 nitrogen and oxygen atoms in total. The predicted octanol–water partition coefficient (Wildman–Crippen LogP) is 6.93. The van der Waals surface area contributed by atoms with E-state index in [2.05, 4.69) is 31.2 Å². The van der Waals surface area contributed by atoms with Gasteiger partial charge in [-0.25, -0.2) is 0 Å². The third kappa shape index (κ3) is 18.0. The van der Waals surface area contributed by atoms with E-state index in [1.165, 1.54) is 51.4 Å². The van der Waals surface area contributed by atoms with Gasteiger partial charge in [-0.1, -0.05) is 69.8 Å². The Hall–Kier alpha value is -0.450. The lowest BCUT2D eigenvalue weighted by Crippen LogP contribution is -2.49. The number of hydrogen-bond acceptors (Lipinski definition) is 2. The first-order valence-corrected chi connectivity index (χ1v) is 14.5. The zero-order valence-electron chi connectivity index (χ0n) is 21.5. The molecule has 1 atom stereocenters. The summed E-state index contributed by atoms with van der Waals surface area (Å²) >= 11 is 0. The minimum Gasteiger partial charge on any atom is -0.373 e. The van der Waals surface area contributed by atoms with Crippen molar-refractivity contribution < 1.29 is 23.9 Å². The maximum absolute atomic E-state index is 11.8. The Morgan fingerprint density at radius 1 is 0.688 bits per heavy atom. The van der Waals surface area contributed by atoms with E-state index in [1.54, 1.807) is 0 Å². The van der Waals surface area contributed by atoms with Gasteiger partial charge in [0.15, 0.2) is 0 Å². The summed E-state index contributed by atoms with van der Waals surface area (Å²) in [5.74, 6) is 0. The van der Waals surface area contributed by atoms with Crippen LogP contribution < -0.4 is 0 Å². The van der Waals surface area contributed by atoms with Gasteiger partial charge in [-0.2, -0.15) is 0 Å². The number of quaternary nitrogens is 1. The second kappa shape index (κ2) is 18.0. The van der Waals surface area contributed by atoms with E-state index in [-0.39, 0.29) is 13.0 Å². The zero-order chi connectivity index (χ0) is 24.3. The van der Waals surface area contributed by atoms with Gasteiger partial charge in [-0.05, 0) is 64.2 Å². The maximum atomic E-state index is 11.8. The molecule has 190 valence electrons. The van der Waals surface area contributed by atoms with E-state index in [0.717, 1.165) is 38.5 Å². The first-order valence-electron chi connectivity index (χ1n) is 12.9. The molecule has 0 saturated heterocycles. The molecule has 3 N–H and O–H groups in total. The van der Waals surface area contributed by atoms with Gasteiger partial charge in [0.05, 0.1) is 21.1 Å². The largest absolute Gasteiger partial charge is 0.373 e. The van der Waals surface area contributed by atoms with Crippen LogP contribution in [0.1, 0.15) is 110 Å². The predicted molar refractivity (Wildman–Crippen MR) is 138 cm³/mol.